The molecule has 0 aliphatic heterocycles. The van der Waals surface area contributed by atoms with E-state index in [1.807, 2.05) is 30.3 Å². The normalized spacial score (nSPS) is 12.7. The van der Waals surface area contributed by atoms with E-state index in [-0.39, 0.29) is 30.4 Å². The third-order valence-electron chi connectivity index (χ3n) is 8.73. The van der Waals surface area contributed by atoms with Crippen molar-refractivity contribution in [1.82, 2.24) is 16.0 Å². The lowest BCUT2D eigenvalue weighted by Gasteiger charge is -2.20. The molecule has 0 unspecified atom stereocenters. The van der Waals surface area contributed by atoms with Crippen LogP contribution in [0.5, 0.6) is 5.75 Å². The average Bonchev–Trinajstić information content (AvgIpc) is 3.07. The summed E-state index contributed by atoms with van der Waals surface area (Å²) in [6.45, 7) is 7.26. The Morgan fingerprint density at radius 1 is 0.723 bits per heavy atom. The van der Waals surface area contributed by atoms with E-state index in [2.05, 4.69) is 34.8 Å². The molecule has 0 spiro atoms. The fraction of sp³-hybridized carbons (Fsp3) is 0.641. The summed E-state index contributed by atoms with van der Waals surface area (Å²) in [5.41, 5.74) is 0.538. The highest BCUT2D eigenvalue weighted by Crippen LogP contribution is 2.25. The zero-order valence-corrected chi connectivity index (χ0v) is 29.5. The quantitative estimate of drug-likeness (QED) is 0.0607. The van der Waals surface area contributed by atoms with Crippen molar-refractivity contribution in [2.24, 2.45) is 4.99 Å². The second-order valence-corrected chi connectivity index (χ2v) is 12.9. The van der Waals surface area contributed by atoms with Gasteiger partial charge < -0.3 is 21.1 Å². The molecule has 0 radical (unpaired) electrons. The molecule has 0 aromatic heterocycles. The van der Waals surface area contributed by atoms with E-state index < -0.39 is 18.0 Å². The number of hydrogen-bond acceptors (Lipinski definition) is 5. The second-order valence-electron chi connectivity index (χ2n) is 12.9. The van der Waals surface area contributed by atoms with E-state index in [9.17, 15) is 19.5 Å². The van der Waals surface area contributed by atoms with Gasteiger partial charge in [-0.15, -0.1) is 0 Å². The fourth-order valence-corrected chi connectivity index (χ4v) is 5.68. The van der Waals surface area contributed by atoms with Crippen molar-refractivity contribution in [2.45, 2.75) is 148 Å². The lowest BCUT2D eigenvalue weighted by atomic mass is 10.0. The maximum atomic E-state index is 13.2. The number of nitrogens with one attached hydrogen (secondary N) is 3. The van der Waals surface area contributed by atoms with Crippen LogP contribution in [0, 0.1) is 0 Å². The van der Waals surface area contributed by atoms with E-state index in [4.69, 9.17) is 0 Å². The highest BCUT2D eigenvalue weighted by Gasteiger charge is 2.24. The first-order valence-electron chi connectivity index (χ1n) is 18.5. The molecule has 2 aromatic carbocycles. The van der Waals surface area contributed by atoms with Gasteiger partial charge in [-0.05, 0) is 43.0 Å². The summed E-state index contributed by atoms with van der Waals surface area (Å²) in [7, 11) is 0. The Kier molecular flexibility index (Phi) is 20.9. The number of benzene rings is 2. The lowest BCUT2D eigenvalue weighted by molar-refractivity contribution is -0.130. The summed E-state index contributed by atoms with van der Waals surface area (Å²) >= 11 is 0. The van der Waals surface area contributed by atoms with Gasteiger partial charge >= 0.3 is 0 Å². The van der Waals surface area contributed by atoms with Crippen molar-refractivity contribution in [1.29, 1.82) is 0 Å². The van der Waals surface area contributed by atoms with Gasteiger partial charge in [-0.25, -0.2) is 0 Å². The minimum atomic E-state index is -0.839. The number of carbonyl (C=O) groups excluding carboxylic acids is 3. The summed E-state index contributed by atoms with van der Waals surface area (Å²) in [5, 5.41) is 21.0. The molecule has 2 rings (SSSR count). The minimum absolute atomic E-state index is 0.0799. The van der Waals surface area contributed by atoms with Crippen LogP contribution in [0.25, 0.3) is 10.8 Å². The van der Waals surface area contributed by atoms with Gasteiger partial charge in [0.25, 0.3) is 0 Å². The first-order valence-corrected chi connectivity index (χ1v) is 18.5. The minimum Gasteiger partial charge on any atom is -0.507 e. The summed E-state index contributed by atoms with van der Waals surface area (Å²) in [5.74, 6) is -0.718. The molecule has 0 aliphatic carbocycles. The van der Waals surface area contributed by atoms with Crippen LogP contribution in [-0.2, 0) is 14.4 Å². The number of fused-ring (bicyclic) bond motifs is 1. The highest BCUT2D eigenvalue weighted by molar-refractivity contribution is 6.03. The molecule has 262 valence electrons. The molecule has 8 nitrogen and oxygen atoms in total. The summed E-state index contributed by atoms with van der Waals surface area (Å²) in [6.07, 6.45) is 20.9. The number of phenols is 1. The smallest absolute Gasteiger partial charge is 0.245 e. The fourth-order valence-electron chi connectivity index (χ4n) is 5.68. The Morgan fingerprint density at radius 2 is 1.28 bits per heavy atom. The first kappa shape index (κ1) is 39.8. The molecule has 3 amide bonds. The molecule has 2 aromatic rings. The van der Waals surface area contributed by atoms with Gasteiger partial charge in [0.2, 0.25) is 17.7 Å². The van der Waals surface area contributed by atoms with E-state index >= 15 is 0 Å². The SMILES string of the molecule is CCCCCCCCCCNC(=O)CC[C@H](NC(=O)[C@H](C)N=Cc1c(O)ccc2ccccc12)C(=O)NCCCCCCCCCC. The maximum Gasteiger partial charge on any atom is 0.245 e. The number of rotatable bonds is 26. The van der Waals surface area contributed by atoms with E-state index in [1.54, 1.807) is 13.0 Å². The average molecular weight is 651 g/mol. The molecule has 0 bridgehead atoms. The predicted molar refractivity (Wildman–Crippen MR) is 195 cm³/mol. The van der Waals surface area contributed by atoms with Gasteiger partial charge in [0.05, 0.1) is 0 Å². The third kappa shape index (κ3) is 16.8. The topological polar surface area (TPSA) is 120 Å². The number of aliphatic imine (C=N–C) groups is 1. The van der Waals surface area contributed by atoms with Crippen molar-refractivity contribution in [3.63, 3.8) is 0 Å². The third-order valence-corrected chi connectivity index (χ3v) is 8.73. The van der Waals surface area contributed by atoms with Gasteiger partial charge in [-0.3, -0.25) is 19.4 Å². The van der Waals surface area contributed by atoms with Crippen molar-refractivity contribution in [3.05, 3.63) is 42.0 Å². The number of unbranched alkanes of at least 4 members (excludes halogenated alkanes) is 14. The summed E-state index contributed by atoms with van der Waals surface area (Å²) in [4.78, 5) is 43.4. The van der Waals surface area contributed by atoms with Gasteiger partial charge in [-0.2, -0.15) is 0 Å². The van der Waals surface area contributed by atoms with Crippen LogP contribution in [-0.4, -0.2) is 54.2 Å². The van der Waals surface area contributed by atoms with Crippen LogP contribution in [0.4, 0.5) is 0 Å². The molecule has 8 heteroatoms. The Balaban J connectivity index is 1.89. The lowest BCUT2D eigenvalue weighted by Crippen LogP contribution is -2.49. The standard InChI is InChI=1S/C39H62N4O4/c1-4-6-8-10-12-14-16-20-28-40-37(45)27-25-35(39(47)41-29-21-17-15-13-11-9-7-5-2)43-38(46)31(3)42-30-34-33-23-19-18-22-32(33)24-26-36(34)44/h18-19,22-24,26,30-31,35,44H,4-17,20-21,25,27-29H2,1-3H3,(H,40,45)(H,41,47)(H,43,46)/t31-,35-/m0/s1. The number of amides is 3. The number of aromatic hydroxyl groups is 1. The van der Waals surface area contributed by atoms with Crippen LogP contribution >= 0.6 is 0 Å². The van der Waals surface area contributed by atoms with Crippen molar-refractivity contribution >= 4 is 34.7 Å². The maximum absolute atomic E-state index is 13.2. The van der Waals surface area contributed by atoms with Crippen LogP contribution in [0.3, 0.4) is 0 Å². The molecule has 0 saturated heterocycles. The number of hydrogen-bond donors (Lipinski definition) is 4. The predicted octanol–water partition coefficient (Wildman–Crippen LogP) is 8.13. The van der Waals surface area contributed by atoms with Crippen molar-refractivity contribution in [2.75, 3.05) is 13.1 Å². The Labute approximate surface area is 284 Å². The van der Waals surface area contributed by atoms with Gasteiger partial charge in [0.15, 0.2) is 0 Å². The van der Waals surface area contributed by atoms with Gasteiger partial charge in [0.1, 0.15) is 17.8 Å². The molecule has 4 N–H and O–H groups in total. The molecule has 0 saturated carbocycles. The molecular weight excluding hydrogens is 588 g/mol. The Bertz CT molecular complexity index is 1210. The number of nitrogens with zero attached hydrogens (tertiary/aromatic N) is 1. The molecular formula is C39H62N4O4. The van der Waals surface area contributed by atoms with Crippen molar-refractivity contribution in [3.8, 4) is 5.75 Å². The molecule has 0 heterocycles. The first-order chi connectivity index (χ1) is 22.9. The van der Waals surface area contributed by atoms with Crippen LogP contribution in [0.1, 0.15) is 142 Å². The zero-order chi connectivity index (χ0) is 34.1. The summed E-state index contributed by atoms with van der Waals surface area (Å²) in [6, 6.07) is 9.46. The Hall–Kier alpha value is -3.42. The second kappa shape index (κ2) is 24.7. The van der Waals surface area contributed by atoms with Crippen LogP contribution in [0.2, 0.25) is 0 Å². The van der Waals surface area contributed by atoms with E-state index in [0.29, 0.717) is 18.7 Å². The molecule has 47 heavy (non-hydrogen) atoms. The summed E-state index contributed by atoms with van der Waals surface area (Å²) < 4.78 is 0. The van der Waals surface area contributed by atoms with Crippen LogP contribution in [0.15, 0.2) is 41.4 Å². The monoisotopic (exact) mass is 650 g/mol. The molecule has 0 fully saturated rings. The zero-order valence-electron chi connectivity index (χ0n) is 29.5. The number of phenolic OH excluding ortho intramolecular Hbond substituents is 1. The van der Waals surface area contributed by atoms with E-state index in [0.717, 1.165) is 42.9 Å². The van der Waals surface area contributed by atoms with Gasteiger partial charge in [-0.1, -0.05) is 134 Å². The Morgan fingerprint density at radius 3 is 1.89 bits per heavy atom. The number of carbonyl (C=O) groups is 3. The molecule has 2 atom stereocenters. The van der Waals surface area contributed by atoms with Crippen molar-refractivity contribution < 1.29 is 19.5 Å². The van der Waals surface area contributed by atoms with Gasteiger partial charge in [0, 0.05) is 31.3 Å². The van der Waals surface area contributed by atoms with Crippen LogP contribution < -0.4 is 16.0 Å². The van der Waals surface area contributed by atoms with E-state index in [1.165, 1.54) is 76.8 Å². The highest BCUT2D eigenvalue weighted by atomic mass is 16.3. The largest absolute Gasteiger partial charge is 0.507 e. The molecule has 0 aliphatic rings.